The van der Waals surface area contributed by atoms with Gasteiger partial charge in [0.15, 0.2) is 0 Å². The number of nitriles is 1. The van der Waals surface area contributed by atoms with Crippen molar-refractivity contribution in [1.29, 1.82) is 5.26 Å². The van der Waals surface area contributed by atoms with Crippen molar-refractivity contribution in [3.05, 3.63) is 58.0 Å². The van der Waals surface area contributed by atoms with E-state index in [9.17, 15) is 14.9 Å². The lowest BCUT2D eigenvalue weighted by atomic mass is 10.2. The van der Waals surface area contributed by atoms with Crippen molar-refractivity contribution in [3.63, 3.8) is 0 Å². The van der Waals surface area contributed by atoms with Gasteiger partial charge in [0.2, 0.25) is 5.91 Å². The molecule has 0 aliphatic heterocycles. The van der Waals surface area contributed by atoms with E-state index >= 15 is 0 Å². The summed E-state index contributed by atoms with van der Waals surface area (Å²) in [5, 5.41) is 22.3. The van der Waals surface area contributed by atoms with Crippen molar-refractivity contribution in [1.82, 2.24) is 4.90 Å². The Hall–Kier alpha value is -3.18. The summed E-state index contributed by atoms with van der Waals surface area (Å²) in [6, 6.07) is 9.89. The van der Waals surface area contributed by atoms with Gasteiger partial charge in [-0.1, -0.05) is 0 Å². The summed E-state index contributed by atoms with van der Waals surface area (Å²) < 4.78 is 5.28. The number of anilines is 1. The maximum absolute atomic E-state index is 12.3. The number of amides is 1. The molecule has 0 aliphatic rings. The van der Waals surface area contributed by atoms with E-state index in [0.717, 1.165) is 0 Å². The minimum atomic E-state index is -0.481. The highest BCUT2D eigenvalue weighted by Gasteiger charge is 2.15. The fourth-order valence-corrected chi connectivity index (χ4v) is 2.34. The number of nitrogens with zero attached hydrogens (tertiary/aromatic N) is 3. The molecule has 0 spiro atoms. The second-order valence-corrected chi connectivity index (χ2v) is 5.50. The van der Waals surface area contributed by atoms with E-state index in [1.165, 1.54) is 18.2 Å². The highest BCUT2D eigenvalue weighted by Crippen LogP contribution is 2.21. The van der Waals surface area contributed by atoms with Crippen LogP contribution in [0.2, 0.25) is 0 Å². The van der Waals surface area contributed by atoms with E-state index in [4.69, 9.17) is 9.68 Å². The Morgan fingerprint density at radius 2 is 2.24 bits per heavy atom. The molecule has 130 valence electrons. The van der Waals surface area contributed by atoms with Gasteiger partial charge in [-0.2, -0.15) is 5.26 Å². The van der Waals surface area contributed by atoms with Gasteiger partial charge in [-0.25, -0.2) is 0 Å². The Bertz CT molecular complexity index is 780. The van der Waals surface area contributed by atoms with Gasteiger partial charge in [0, 0.05) is 30.8 Å². The largest absolute Gasteiger partial charge is 0.468 e. The van der Waals surface area contributed by atoms with Crippen LogP contribution >= 0.6 is 0 Å². The molecule has 1 aromatic heterocycles. The lowest BCUT2D eigenvalue weighted by Crippen LogP contribution is -2.33. The van der Waals surface area contributed by atoms with Gasteiger partial charge in [-0.05, 0) is 30.7 Å². The molecule has 0 aliphatic carbocycles. The quantitative estimate of drug-likeness (QED) is 0.583. The summed E-state index contributed by atoms with van der Waals surface area (Å²) in [5.41, 5.74) is 1.11. The van der Waals surface area contributed by atoms with Crippen LogP contribution in [0.5, 0.6) is 0 Å². The average Bonchev–Trinajstić information content (AvgIpc) is 3.07. The van der Waals surface area contributed by atoms with Crippen molar-refractivity contribution < 1.29 is 14.1 Å². The Balaban J connectivity index is 2.00. The molecule has 0 radical (unpaired) electrons. The third-order valence-electron chi connectivity index (χ3n) is 3.56. The number of hydrogen-bond acceptors (Lipinski definition) is 6. The van der Waals surface area contributed by atoms with E-state index < -0.39 is 4.92 Å². The zero-order valence-corrected chi connectivity index (χ0v) is 13.8. The van der Waals surface area contributed by atoms with Gasteiger partial charge in [0.05, 0.1) is 30.3 Å². The van der Waals surface area contributed by atoms with E-state index in [1.807, 2.05) is 0 Å². The number of benzene rings is 1. The molecule has 0 saturated heterocycles. The molecular formula is C17H18N4O4. The van der Waals surface area contributed by atoms with Crippen LogP contribution in [-0.2, 0) is 11.3 Å². The maximum atomic E-state index is 12.3. The minimum absolute atomic E-state index is 0.0241. The lowest BCUT2D eigenvalue weighted by Gasteiger charge is -2.19. The number of furan rings is 1. The number of nitro benzene ring substituents is 1. The molecule has 1 N–H and O–H groups in total. The van der Waals surface area contributed by atoms with Gasteiger partial charge in [0.1, 0.15) is 5.76 Å². The molecule has 0 bridgehead atoms. The van der Waals surface area contributed by atoms with Crippen molar-refractivity contribution in [2.24, 2.45) is 0 Å². The van der Waals surface area contributed by atoms with Gasteiger partial charge in [0.25, 0.3) is 5.69 Å². The fourth-order valence-electron chi connectivity index (χ4n) is 2.34. The average molecular weight is 342 g/mol. The van der Waals surface area contributed by atoms with Crippen molar-refractivity contribution in [2.75, 3.05) is 18.4 Å². The molecule has 2 aromatic rings. The van der Waals surface area contributed by atoms with Crippen LogP contribution in [-0.4, -0.2) is 28.8 Å². The first-order chi connectivity index (χ1) is 12.0. The SMILES string of the molecule is Cc1cc([N+](=O)[O-])ccc1NC(=O)CN(CCC#N)Cc1ccco1. The summed E-state index contributed by atoms with van der Waals surface area (Å²) in [4.78, 5) is 24.4. The summed E-state index contributed by atoms with van der Waals surface area (Å²) in [5.74, 6) is 0.443. The fraction of sp³-hybridized carbons (Fsp3) is 0.294. The summed E-state index contributed by atoms with van der Waals surface area (Å²) in [7, 11) is 0. The molecule has 8 heteroatoms. The molecular weight excluding hydrogens is 324 g/mol. The van der Waals surface area contributed by atoms with Crippen LogP contribution in [0.15, 0.2) is 41.0 Å². The number of aryl methyl sites for hydroxylation is 1. The topological polar surface area (TPSA) is 112 Å². The van der Waals surface area contributed by atoms with Crippen LogP contribution in [0.1, 0.15) is 17.7 Å². The number of hydrogen-bond donors (Lipinski definition) is 1. The van der Waals surface area contributed by atoms with Crippen molar-refractivity contribution >= 4 is 17.3 Å². The van der Waals surface area contributed by atoms with Crippen LogP contribution in [0.4, 0.5) is 11.4 Å². The number of non-ortho nitro benzene ring substituents is 1. The Labute approximate surface area is 144 Å². The van der Waals surface area contributed by atoms with E-state index in [2.05, 4.69) is 11.4 Å². The summed E-state index contributed by atoms with van der Waals surface area (Å²) >= 11 is 0. The van der Waals surface area contributed by atoms with Gasteiger partial charge in [-0.15, -0.1) is 0 Å². The second-order valence-electron chi connectivity index (χ2n) is 5.50. The lowest BCUT2D eigenvalue weighted by molar-refractivity contribution is -0.384. The predicted molar refractivity (Wildman–Crippen MR) is 90.7 cm³/mol. The van der Waals surface area contributed by atoms with E-state index in [-0.39, 0.29) is 18.1 Å². The predicted octanol–water partition coefficient (Wildman–Crippen LogP) is 2.85. The molecule has 0 saturated carbocycles. The first-order valence-corrected chi connectivity index (χ1v) is 7.66. The normalized spacial score (nSPS) is 10.4. The molecule has 8 nitrogen and oxygen atoms in total. The van der Waals surface area contributed by atoms with Crippen LogP contribution < -0.4 is 5.32 Å². The molecule has 25 heavy (non-hydrogen) atoms. The van der Waals surface area contributed by atoms with Gasteiger partial charge >= 0.3 is 0 Å². The third-order valence-corrected chi connectivity index (χ3v) is 3.56. The Kier molecular flexibility index (Phi) is 6.26. The number of rotatable bonds is 8. The first kappa shape index (κ1) is 18.2. The summed E-state index contributed by atoms with van der Waals surface area (Å²) in [6.45, 7) is 2.63. The smallest absolute Gasteiger partial charge is 0.269 e. The van der Waals surface area contributed by atoms with Gasteiger partial charge < -0.3 is 9.73 Å². The molecule has 0 unspecified atom stereocenters. The maximum Gasteiger partial charge on any atom is 0.269 e. The Morgan fingerprint density at radius 3 is 2.84 bits per heavy atom. The van der Waals surface area contributed by atoms with E-state index in [1.54, 1.807) is 30.2 Å². The highest BCUT2D eigenvalue weighted by atomic mass is 16.6. The molecule has 0 atom stereocenters. The van der Waals surface area contributed by atoms with Gasteiger partial charge in [-0.3, -0.25) is 19.8 Å². The van der Waals surface area contributed by atoms with Crippen LogP contribution in [0.25, 0.3) is 0 Å². The number of carbonyl (C=O) groups excluding carboxylic acids is 1. The summed E-state index contributed by atoms with van der Waals surface area (Å²) in [6.07, 6.45) is 1.85. The zero-order chi connectivity index (χ0) is 18.2. The van der Waals surface area contributed by atoms with Crippen molar-refractivity contribution in [3.8, 4) is 6.07 Å². The van der Waals surface area contributed by atoms with Crippen LogP contribution in [0, 0.1) is 28.4 Å². The second kappa shape index (κ2) is 8.61. The molecule has 1 aromatic carbocycles. The third kappa shape index (κ3) is 5.44. The number of carbonyl (C=O) groups is 1. The molecule has 1 heterocycles. The van der Waals surface area contributed by atoms with Crippen molar-refractivity contribution in [2.45, 2.75) is 19.9 Å². The molecule has 1 amide bonds. The molecule has 2 rings (SSSR count). The van der Waals surface area contributed by atoms with E-state index in [0.29, 0.717) is 36.5 Å². The monoisotopic (exact) mass is 342 g/mol. The Morgan fingerprint density at radius 1 is 1.44 bits per heavy atom. The minimum Gasteiger partial charge on any atom is -0.468 e. The number of nitrogens with one attached hydrogen (secondary N) is 1. The molecule has 0 fully saturated rings. The standard InChI is InChI=1S/C17H18N4O4/c1-13-10-14(21(23)24)5-6-16(13)19-17(22)12-20(8-3-7-18)11-15-4-2-9-25-15/h2,4-6,9-10H,3,8,11-12H2,1H3,(H,19,22). The number of nitro groups is 1. The van der Waals surface area contributed by atoms with Crippen LogP contribution in [0.3, 0.4) is 0 Å². The first-order valence-electron chi connectivity index (χ1n) is 7.66. The highest BCUT2D eigenvalue weighted by molar-refractivity contribution is 5.93. The zero-order valence-electron chi connectivity index (χ0n) is 13.8.